The first kappa shape index (κ1) is 20.8. The number of benzene rings is 1. The van der Waals surface area contributed by atoms with Crippen molar-refractivity contribution in [2.24, 2.45) is 10.7 Å². The molecule has 27 heavy (non-hydrogen) atoms. The van der Waals surface area contributed by atoms with Gasteiger partial charge < -0.3 is 20.5 Å². The molecule has 1 aliphatic rings. The fraction of sp³-hybridized carbons (Fsp3) is 0.524. The molecule has 3 N–H and O–H groups in total. The first-order valence-electron chi connectivity index (χ1n) is 9.51. The Morgan fingerprint density at radius 2 is 2.22 bits per heavy atom. The minimum atomic E-state index is -0.544. The molecular formula is C21H31N3O3. The number of rotatable bonds is 7. The van der Waals surface area contributed by atoms with Crippen molar-refractivity contribution in [3.05, 3.63) is 35.7 Å². The van der Waals surface area contributed by atoms with Crippen LogP contribution < -0.4 is 15.8 Å². The monoisotopic (exact) mass is 373 g/mol. The number of esters is 1. The predicted octanol–water partition coefficient (Wildman–Crippen LogP) is 3.98. The van der Waals surface area contributed by atoms with Crippen LogP contribution in [0.1, 0.15) is 58.4 Å². The summed E-state index contributed by atoms with van der Waals surface area (Å²) >= 11 is 0. The molecule has 148 valence electrons. The van der Waals surface area contributed by atoms with Gasteiger partial charge in [0.25, 0.3) is 0 Å². The highest BCUT2D eigenvalue weighted by atomic mass is 16.6. The van der Waals surface area contributed by atoms with Crippen molar-refractivity contribution < 1.29 is 14.3 Å². The maximum absolute atomic E-state index is 11.8. The molecule has 0 saturated heterocycles. The van der Waals surface area contributed by atoms with E-state index in [0.29, 0.717) is 18.7 Å². The van der Waals surface area contributed by atoms with Crippen LogP contribution in [-0.4, -0.2) is 30.9 Å². The zero-order valence-electron chi connectivity index (χ0n) is 16.7. The van der Waals surface area contributed by atoms with Crippen molar-refractivity contribution in [3.8, 4) is 5.75 Å². The highest BCUT2D eigenvalue weighted by Crippen LogP contribution is 2.39. The minimum Gasteiger partial charge on any atom is -0.493 e. The maximum Gasteiger partial charge on any atom is 0.349 e. The van der Waals surface area contributed by atoms with Gasteiger partial charge in [0.2, 0.25) is 0 Å². The van der Waals surface area contributed by atoms with Crippen molar-refractivity contribution in [3.63, 3.8) is 0 Å². The summed E-state index contributed by atoms with van der Waals surface area (Å²) in [4.78, 5) is 16.1. The Morgan fingerprint density at radius 1 is 1.44 bits per heavy atom. The third-order valence-corrected chi connectivity index (χ3v) is 4.14. The van der Waals surface area contributed by atoms with Crippen LogP contribution in [0.4, 0.5) is 5.69 Å². The zero-order chi connectivity index (χ0) is 19.9. The first-order valence-corrected chi connectivity index (χ1v) is 9.51. The molecule has 6 nitrogen and oxygen atoms in total. The van der Waals surface area contributed by atoms with Crippen LogP contribution in [0.25, 0.3) is 0 Å². The SMILES string of the molecule is CCCNc1ccc2c(c1)C(C/C(=C/N)N=CC(=O)OC(C)(C)C)CCO2. The molecule has 1 unspecified atom stereocenters. The Balaban J connectivity index is 2.09. The zero-order valence-corrected chi connectivity index (χ0v) is 16.7. The normalized spacial score (nSPS) is 17.3. The molecule has 6 heteroatoms. The Labute approximate surface area is 161 Å². The number of anilines is 1. The average Bonchev–Trinajstić information content (AvgIpc) is 2.62. The summed E-state index contributed by atoms with van der Waals surface area (Å²) in [6.07, 6.45) is 5.24. The Kier molecular flexibility index (Phi) is 7.28. The third kappa shape index (κ3) is 6.62. The molecule has 1 heterocycles. The number of allylic oxidation sites excluding steroid dienone is 1. The lowest BCUT2D eigenvalue weighted by Gasteiger charge is -2.26. The van der Waals surface area contributed by atoms with E-state index >= 15 is 0 Å². The summed E-state index contributed by atoms with van der Waals surface area (Å²) in [6.45, 7) is 9.19. The van der Waals surface area contributed by atoms with E-state index in [1.54, 1.807) is 0 Å². The lowest BCUT2D eigenvalue weighted by atomic mass is 9.89. The minimum absolute atomic E-state index is 0.239. The standard InChI is InChI=1S/C21H31N3O3/c1-5-9-23-16-6-7-19-18(12-16)15(8-10-26-19)11-17(13-22)24-14-20(25)27-21(2,3)4/h6-7,12-15,23H,5,8-11,22H2,1-4H3/b17-13-,24-14?. The van der Waals surface area contributed by atoms with Crippen LogP contribution in [0.15, 0.2) is 35.1 Å². The van der Waals surface area contributed by atoms with E-state index in [1.165, 1.54) is 12.4 Å². The number of nitrogens with one attached hydrogen (secondary N) is 1. The van der Waals surface area contributed by atoms with E-state index in [2.05, 4.69) is 23.3 Å². The highest BCUT2D eigenvalue weighted by molar-refractivity contribution is 6.23. The van der Waals surface area contributed by atoms with Crippen molar-refractivity contribution in [1.82, 2.24) is 0 Å². The topological polar surface area (TPSA) is 85.9 Å². The Bertz CT molecular complexity index is 705. The molecule has 0 saturated carbocycles. The molecule has 0 radical (unpaired) electrons. The number of hydrogen-bond acceptors (Lipinski definition) is 6. The van der Waals surface area contributed by atoms with E-state index < -0.39 is 11.6 Å². The lowest BCUT2D eigenvalue weighted by Crippen LogP contribution is -2.24. The summed E-state index contributed by atoms with van der Waals surface area (Å²) in [5, 5.41) is 3.41. The van der Waals surface area contributed by atoms with Crippen LogP contribution in [0.2, 0.25) is 0 Å². The number of carbonyl (C=O) groups excluding carboxylic acids is 1. The molecule has 1 aromatic carbocycles. The van der Waals surface area contributed by atoms with Gasteiger partial charge in [-0.3, -0.25) is 4.99 Å². The van der Waals surface area contributed by atoms with Crippen LogP contribution >= 0.6 is 0 Å². The number of hydrogen-bond donors (Lipinski definition) is 2. The van der Waals surface area contributed by atoms with Gasteiger partial charge in [0.05, 0.1) is 12.3 Å². The summed E-state index contributed by atoms with van der Waals surface area (Å²) in [5.41, 5.74) is 8.09. The largest absolute Gasteiger partial charge is 0.493 e. The maximum atomic E-state index is 11.8. The Hall–Kier alpha value is -2.50. The van der Waals surface area contributed by atoms with E-state index in [-0.39, 0.29) is 5.92 Å². The second kappa shape index (κ2) is 9.44. The number of fused-ring (bicyclic) bond motifs is 1. The summed E-state index contributed by atoms with van der Waals surface area (Å²) in [5.74, 6) is 0.670. The predicted molar refractivity (Wildman–Crippen MR) is 109 cm³/mol. The van der Waals surface area contributed by atoms with Gasteiger partial charge in [-0.2, -0.15) is 0 Å². The molecule has 0 aromatic heterocycles. The van der Waals surface area contributed by atoms with Crippen molar-refractivity contribution in [2.75, 3.05) is 18.5 Å². The third-order valence-electron chi connectivity index (χ3n) is 4.14. The summed E-state index contributed by atoms with van der Waals surface area (Å²) in [6, 6.07) is 6.19. The lowest BCUT2D eigenvalue weighted by molar-refractivity contribution is -0.145. The van der Waals surface area contributed by atoms with Gasteiger partial charge in [-0.05, 0) is 69.7 Å². The Morgan fingerprint density at radius 3 is 2.89 bits per heavy atom. The molecule has 1 aliphatic heterocycles. The number of nitrogens with zero attached hydrogens (tertiary/aromatic N) is 1. The number of aliphatic imine (C=N–C) groups is 1. The van der Waals surface area contributed by atoms with Gasteiger partial charge in [-0.25, -0.2) is 4.79 Å². The fourth-order valence-corrected chi connectivity index (χ4v) is 2.94. The molecule has 0 amide bonds. The fourth-order valence-electron chi connectivity index (χ4n) is 2.94. The first-order chi connectivity index (χ1) is 12.8. The van der Waals surface area contributed by atoms with Gasteiger partial charge in [0.15, 0.2) is 0 Å². The average molecular weight is 373 g/mol. The molecule has 1 aromatic rings. The number of carbonyl (C=O) groups is 1. The smallest absolute Gasteiger partial charge is 0.349 e. The molecule has 2 rings (SSSR count). The van der Waals surface area contributed by atoms with Gasteiger partial charge in [-0.15, -0.1) is 0 Å². The van der Waals surface area contributed by atoms with Crippen molar-refractivity contribution >= 4 is 17.9 Å². The van der Waals surface area contributed by atoms with E-state index in [4.69, 9.17) is 15.2 Å². The van der Waals surface area contributed by atoms with Gasteiger partial charge in [-0.1, -0.05) is 6.92 Å². The molecule has 0 fully saturated rings. The van der Waals surface area contributed by atoms with Gasteiger partial charge >= 0.3 is 5.97 Å². The van der Waals surface area contributed by atoms with Crippen LogP contribution in [0.5, 0.6) is 5.75 Å². The second-order valence-corrected chi connectivity index (χ2v) is 7.67. The van der Waals surface area contributed by atoms with E-state index in [0.717, 1.165) is 36.4 Å². The van der Waals surface area contributed by atoms with Crippen LogP contribution in [0.3, 0.4) is 0 Å². The van der Waals surface area contributed by atoms with E-state index in [1.807, 2.05) is 32.9 Å². The summed E-state index contributed by atoms with van der Waals surface area (Å²) < 4.78 is 11.0. The van der Waals surface area contributed by atoms with Gasteiger partial charge in [0, 0.05) is 18.4 Å². The molecule has 0 spiro atoms. The summed E-state index contributed by atoms with van der Waals surface area (Å²) in [7, 11) is 0. The molecular weight excluding hydrogens is 342 g/mol. The highest BCUT2D eigenvalue weighted by Gasteiger charge is 2.23. The van der Waals surface area contributed by atoms with E-state index in [9.17, 15) is 4.79 Å². The van der Waals surface area contributed by atoms with Crippen molar-refractivity contribution in [2.45, 2.75) is 58.5 Å². The van der Waals surface area contributed by atoms with Gasteiger partial charge in [0.1, 0.15) is 17.6 Å². The number of nitrogens with two attached hydrogens (primary N) is 1. The second-order valence-electron chi connectivity index (χ2n) is 7.67. The molecule has 1 atom stereocenters. The quantitative estimate of drug-likeness (QED) is 0.558. The molecule has 0 aliphatic carbocycles. The molecule has 0 bridgehead atoms. The van der Waals surface area contributed by atoms with Crippen LogP contribution in [0, 0.1) is 0 Å². The van der Waals surface area contributed by atoms with Crippen LogP contribution in [-0.2, 0) is 9.53 Å². The van der Waals surface area contributed by atoms with Crippen molar-refractivity contribution in [1.29, 1.82) is 0 Å². The number of ether oxygens (including phenoxy) is 2.